The molecule has 2 aromatic carbocycles. The Morgan fingerprint density at radius 3 is 2.62 bits per heavy atom. The number of aromatic nitrogens is 1. The summed E-state index contributed by atoms with van der Waals surface area (Å²) >= 11 is 0. The van der Waals surface area contributed by atoms with Crippen LogP contribution in [0.4, 0.5) is 0 Å². The number of carboxylic acids is 1. The van der Waals surface area contributed by atoms with Crippen molar-refractivity contribution in [2.75, 3.05) is 13.2 Å². The van der Waals surface area contributed by atoms with E-state index >= 15 is 0 Å². The minimum absolute atomic E-state index is 0.0386. The van der Waals surface area contributed by atoms with Gasteiger partial charge in [-0.05, 0) is 84.5 Å². The van der Waals surface area contributed by atoms with Crippen molar-refractivity contribution in [3.8, 4) is 5.88 Å². The number of benzene rings is 2. The predicted octanol–water partition coefficient (Wildman–Crippen LogP) is 5.55. The fourth-order valence-corrected chi connectivity index (χ4v) is 5.55. The normalized spacial score (nSPS) is 18.8. The first-order valence-electron chi connectivity index (χ1n) is 13.2. The van der Waals surface area contributed by atoms with Gasteiger partial charge in [-0.3, -0.25) is 9.59 Å². The molecule has 0 spiro atoms. The molecule has 5 aliphatic heterocycles. The Morgan fingerprint density at radius 1 is 1.05 bits per heavy atom. The van der Waals surface area contributed by atoms with Crippen molar-refractivity contribution in [1.29, 1.82) is 0 Å². The van der Waals surface area contributed by atoms with Crippen LogP contribution in [-0.2, 0) is 24.2 Å². The van der Waals surface area contributed by atoms with Gasteiger partial charge < -0.3 is 14.7 Å². The van der Waals surface area contributed by atoms with Crippen LogP contribution >= 0.6 is 0 Å². The Kier molecular flexibility index (Phi) is 7.26. The van der Waals surface area contributed by atoms with Crippen molar-refractivity contribution >= 4 is 11.9 Å². The molecule has 8 rings (SSSR count). The van der Waals surface area contributed by atoms with Gasteiger partial charge in [0.15, 0.2) is 0 Å². The van der Waals surface area contributed by atoms with Crippen LogP contribution in [0.1, 0.15) is 75.8 Å². The maximum Gasteiger partial charge on any atom is 0.307 e. The maximum atomic E-state index is 13.3. The molecule has 2 atom stereocenters. The number of hydrogen-bond donors (Lipinski definition) is 1. The highest BCUT2D eigenvalue weighted by Crippen LogP contribution is 2.36. The Hall–Kier alpha value is -3.67. The second kappa shape index (κ2) is 10.8. The monoisotopic (exact) mass is 498 g/mol. The van der Waals surface area contributed by atoms with Crippen molar-refractivity contribution in [2.24, 2.45) is 5.92 Å². The van der Waals surface area contributed by atoms with Crippen molar-refractivity contribution in [1.82, 2.24) is 9.88 Å². The van der Waals surface area contributed by atoms with Gasteiger partial charge in [0.05, 0.1) is 12.5 Å². The number of hydrogen-bond acceptors (Lipinski definition) is 4. The van der Waals surface area contributed by atoms with E-state index in [-0.39, 0.29) is 11.8 Å². The quantitative estimate of drug-likeness (QED) is 0.501. The van der Waals surface area contributed by atoms with E-state index in [1.807, 2.05) is 36.1 Å². The lowest BCUT2D eigenvalue weighted by Gasteiger charge is -2.31. The topological polar surface area (TPSA) is 79.7 Å². The highest BCUT2D eigenvalue weighted by atomic mass is 16.5. The van der Waals surface area contributed by atoms with Crippen LogP contribution < -0.4 is 4.74 Å². The molecule has 0 saturated heterocycles. The second-order valence-corrected chi connectivity index (χ2v) is 10.3. The van der Waals surface area contributed by atoms with E-state index in [1.54, 1.807) is 13.1 Å². The summed E-state index contributed by atoms with van der Waals surface area (Å²) < 4.78 is 5.92. The summed E-state index contributed by atoms with van der Waals surface area (Å²) in [5.74, 6) is -1.25. The first-order chi connectivity index (χ1) is 17.9. The summed E-state index contributed by atoms with van der Waals surface area (Å²) in [6.07, 6.45) is 6.56. The summed E-state index contributed by atoms with van der Waals surface area (Å²) in [6, 6.07) is 16.2. The minimum Gasteiger partial charge on any atom is -0.481 e. The van der Waals surface area contributed by atoms with Crippen LogP contribution in [0.25, 0.3) is 0 Å². The predicted molar refractivity (Wildman–Crippen MR) is 142 cm³/mol. The Morgan fingerprint density at radius 2 is 1.86 bits per heavy atom. The first-order valence-corrected chi connectivity index (χ1v) is 13.2. The van der Waals surface area contributed by atoms with Gasteiger partial charge in [0.2, 0.25) is 5.88 Å². The Bertz CT molecular complexity index is 1300. The largest absolute Gasteiger partial charge is 0.481 e. The molecule has 0 fully saturated rings. The lowest BCUT2D eigenvalue weighted by Crippen LogP contribution is -2.36. The van der Waals surface area contributed by atoms with Gasteiger partial charge in [-0.2, -0.15) is 0 Å². The number of pyridine rings is 1. The molecule has 3 aromatic rings. The van der Waals surface area contributed by atoms with Crippen LogP contribution in [0.3, 0.4) is 0 Å². The molecule has 1 amide bonds. The highest BCUT2D eigenvalue weighted by Gasteiger charge is 2.30. The van der Waals surface area contributed by atoms with Crippen LogP contribution in [-0.4, -0.2) is 40.0 Å². The van der Waals surface area contributed by atoms with E-state index in [0.29, 0.717) is 31.1 Å². The molecule has 0 aliphatic carbocycles. The van der Waals surface area contributed by atoms with E-state index in [2.05, 4.69) is 29.2 Å². The average Bonchev–Trinajstić information content (AvgIpc) is 2.90. The number of nitrogens with zero attached hydrogens (tertiary/aromatic N) is 2. The summed E-state index contributed by atoms with van der Waals surface area (Å²) in [4.78, 5) is 31.9. The van der Waals surface area contributed by atoms with Gasteiger partial charge in [-0.25, -0.2) is 4.98 Å². The second-order valence-electron chi connectivity index (χ2n) is 10.3. The SMILES string of the molecule is Cc1cc2ncc1[C@@H]([C@@H](C)C(=O)O)c1ccc3c(c1)CN(CC3)C(=O)c1ccc(cc1)CCCCCO2. The van der Waals surface area contributed by atoms with Crippen LogP contribution in [0.15, 0.2) is 54.7 Å². The van der Waals surface area contributed by atoms with Crippen LogP contribution in [0.2, 0.25) is 0 Å². The van der Waals surface area contributed by atoms with Crippen molar-refractivity contribution in [3.05, 3.63) is 93.7 Å². The number of amides is 1. The molecule has 6 heteroatoms. The van der Waals surface area contributed by atoms with Gasteiger partial charge in [0.1, 0.15) is 0 Å². The van der Waals surface area contributed by atoms with Crippen LogP contribution in [0.5, 0.6) is 5.88 Å². The number of carbonyl (C=O) groups excluding carboxylic acids is 1. The van der Waals surface area contributed by atoms with Crippen molar-refractivity contribution in [3.63, 3.8) is 0 Å². The summed E-state index contributed by atoms with van der Waals surface area (Å²) in [6.45, 7) is 5.52. The third kappa shape index (κ3) is 5.38. The van der Waals surface area contributed by atoms with Gasteiger partial charge in [0, 0.05) is 36.8 Å². The van der Waals surface area contributed by atoms with E-state index in [0.717, 1.165) is 54.4 Å². The first kappa shape index (κ1) is 25.0. The van der Waals surface area contributed by atoms with Gasteiger partial charge in [-0.15, -0.1) is 0 Å². The van der Waals surface area contributed by atoms with E-state index in [9.17, 15) is 14.7 Å². The zero-order valence-corrected chi connectivity index (χ0v) is 21.6. The van der Waals surface area contributed by atoms with E-state index in [1.165, 1.54) is 11.1 Å². The molecular weight excluding hydrogens is 464 g/mol. The number of rotatable bonds is 2. The number of carboxylic acid groups (broad SMARTS) is 1. The van der Waals surface area contributed by atoms with Crippen LogP contribution in [0, 0.1) is 12.8 Å². The Labute approximate surface area is 218 Å². The lowest BCUT2D eigenvalue weighted by atomic mass is 9.79. The molecule has 6 heterocycles. The highest BCUT2D eigenvalue weighted by molar-refractivity contribution is 5.94. The zero-order chi connectivity index (χ0) is 25.9. The van der Waals surface area contributed by atoms with Crippen molar-refractivity contribution < 1.29 is 19.4 Å². The number of ether oxygens (including phenoxy) is 1. The van der Waals surface area contributed by atoms with Crippen molar-refractivity contribution in [2.45, 2.75) is 58.4 Å². The summed E-state index contributed by atoms with van der Waals surface area (Å²) in [5, 5.41) is 9.97. The number of aryl methyl sites for hydroxylation is 2. The minimum atomic E-state index is -0.853. The van der Waals surface area contributed by atoms with Gasteiger partial charge >= 0.3 is 5.97 Å². The molecule has 1 N–H and O–H groups in total. The third-order valence-electron chi connectivity index (χ3n) is 7.80. The fraction of sp³-hybridized carbons (Fsp3) is 0.387. The summed E-state index contributed by atoms with van der Waals surface area (Å²) in [7, 11) is 0. The molecule has 37 heavy (non-hydrogen) atoms. The van der Waals surface area contributed by atoms with E-state index < -0.39 is 11.9 Å². The maximum absolute atomic E-state index is 13.3. The average molecular weight is 499 g/mol. The molecule has 0 radical (unpaired) electrons. The van der Waals surface area contributed by atoms with Gasteiger partial charge in [0.25, 0.3) is 5.91 Å². The molecule has 5 aliphatic rings. The molecular formula is C31H34N2O4. The lowest BCUT2D eigenvalue weighted by molar-refractivity contribution is -0.141. The van der Waals surface area contributed by atoms with E-state index in [4.69, 9.17) is 4.74 Å². The molecule has 0 saturated carbocycles. The zero-order valence-electron chi connectivity index (χ0n) is 21.6. The molecule has 6 nitrogen and oxygen atoms in total. The van der Waals surface area contributed by atoms with Gasteiger partial charge in [-0.1, -0.05) is 37.3 Å². The fourth-order valence-electron chi connectivity index (χ4n) is 5.55. The number of aliphatic carboxylic acids is 1. The Balaban J connectivity index is 1.54. The smallest absolute Gasteiger partial charge is 0.307 e. The third-order valence-corrected chi connectivity index (χ3v) is 7.80. The standard InChI is InChI=1S/C31H34N2O4/c1-20-16-28-32-18-27(20)29(21(2)31(35)36)25-12-11-23-13-14-33(19-26(23)17-25)30(34)24-9-7-22(8-10-24)6-4-3-5-15-37-28/h7-12,16-18,21,29H,3-6,13-15,19H2,1-2H3,(H,35,36)/t21-,29+/m1/s1. The molecule has 7 bridgehead atoms. The molecule has 1 aromatic heterocycles. The molecule has 0 unspecified atom stereocenters. The molecule has 192 valence electrons. The number of carbonyl (C=O) groups is 2. The summed E-state index contributed by atoms with van der Waals surface area (Å²) in [5.41, 5.74) is 7.01.